The lowest BCUT2D eigenvalue weighted by Gasteiger charge is -2.47. The van der Waals surface area contributed by atoms with Gasteiger partial charge in [-0.2, -0.15) is 0 Å². The molecule has 0 bridgehead atoms. The Morgan fingerprint density at radius 3 is 1.81 bits per heavy atom. The van der Waals surface area contributed by atoms with Gasteiger partial charge in [0.05, 0.1) is 38.0 Å². The summed E-state index contributed by atoms with van der Waals surface area (Å²) in [6, 6.07) is 5.67. The smallest absolute Gasteiger partial charge is 0.187 e. The summed E-state index contributed by atoms with van der Waals surface area (Å²) in [5, 5.41) is 76.6. The predicted molar refractivity (Wildman–Crippen MR) is 183 cm³/mol. The van der Waals surface area contributed by atoms with E-state index < -0.39 is 129 Å². The van der Waals surface area contributed by atoms with Gasteiger partial charge >= 0.3 is 0 Å². The molecule has 4 fully saturated rings. The van der Waals surface area contributed by atoms with Gasteiger partial charge in [-0.1, -0.05) is 30.3 Å². The molecule has 0 amide bonds. The summed E-state index contributed by atoms with van der Waals surface area (Å²) in [7, 11) is 0. The molecule has 1 aromatic rings. The number of nitrogens with one attached hydrogen (secondary N) is 1. The Balaban J connectivity index is 1.34. The van der Waals surface area contributed by atoms with Gasteiger partial charge in [0, 0.05) is 25.2 Å². The van der Waals surface area contributed by atoms with Crippen LogP contribution in [0.1, 0.15) is 12.0 Å². The summed E-state index contributed by atoms with van der Waals surface area (Å²) in [6.07, 6.45) is -18.5. The van der Waals surface area contributed by atoms with Gasteiger partial charge in [-0.25, -0.2) is 0 Å². The van der Waals surface area contributed by atoms with Crippen molar-refractivity contribution in [2.75, 3.05) is 39.5 Å². The zero-order valence-corrected chi connectivity index (χ0v) is 29.4. The highest BCUT2D eigenvalue weighted by molar-refractivity contribution is 5.14. The molecule has 18 N–H and O–H groups in total. The SMILES string of the molecule is NC[C@@H]1O[C@H](O[C@H]2[C@@H](OCCNCCc3ccccc3)[C@H](O[C@@H]3[C@@H](O)[C@H](N)C[C@H](N)[C@H]3O[C@H]3O[C@H](CO)[C@@H](O)[C@H](O)[C@H]3N)O[C@@H]2CO)[C@H](N)[C@@H](O)[C@@H]1O. The minimum Gasteiger partial charge on any atom is -0.394 e. The van der Waals surface area contributed by atoms with Crippen LogP contribution in [-0.4, -0.2) is 191 Å². The predicted octanol–water partition coefficient (Wildman–Crippen LogP) is -7.01. The number of ether oxygens (including phenoxy) is 7. The topological polar surface area (TPSA) is 348 Å². The van der Waals surface area contributed by atoms with Crippen LogP contribution in [0.4, 0.5) is 0 Å². The molecule has 4 aliphatic rings. The lowest BCUT2D eigenvalue weighted by atomic mass is 9.84. The molecule has 1 aromatic carbocycles. The Bertz CT molecular complexity index is 1230. The Morgan fingerprint density at radius 2 is 1.19 bits per heavy atom. The van der Waals surface area contributed by atoms with Crippen LogP contribution in [0.5, 0.6) is 0 Å². The summed E-state index contributed by atoms with van der Waals surface area (Å²) >= 11 is 0. The van der Waals surface area contributed by atoms with E-state index in [2.05, 4.69) is 5.32 Å². The van der Waals surface area contributed by atoms with E-state index in [1.165, 1.54) is 0 Å². The van der Waals surface area contributed by atoms with Crippen molar-refractivity contribution >= 4 is 0 Å². The molecule has 0 spiro atoms. The molecule has 19 atom stereocenters. The molecule has 3 saturated heterocycles. The van der Waals surface area contributed by atoms with Crippen LogP contribution in [-0.2, 0) is 39.6 Å². The van der Waals surface area contributed by atoms with Crippen molar-refractivity contribution < 1.29 is 68.9 Å². The molecular weight excluding hydrogens is 704 g/mol. The van der Waals surface area contributed by atoms with E-state index in [0.717, 1.165) is 12.0 Å². The lowest BCUT2D eigenvalue weighted by molar-refractivity contribution is -0.311. The average molecular weight is 763 g/mol. The molecule has 1 aliphatic carbocycles. The number of hydrogen-bond acceptors (Lipinski definition) is 20. The number of aliphatic hydroxyl groups is 7. The van der Waals surface area contributed by atoms with Gasteiger partial charge in [-0.05, 0) is 24.9 Å². The molecule has 20 nitrogen and oxygen atoms in total. The van der Waals surface area contributed by atoms with E-state index in [0.29, 0.717) is 13.1 Å². The molecule has 3 heterocycles. The monoisotopic (exact) mass is 762 g/mol. The van der Waals surface area contributed by atoms with E-state index in [-0.39, 0.29) is 19.6 Å². The van der Waals surface area contributed by atoms with Crippen molar-refractivity contribution in [2.24, 2.45) is 28.7 Å². The summed E-state index contributed by atoms with van der Waals surface area (Å²) in [5.74, 6) is 0. The second-order valence-corrected chi connectivity index (χ2v) is 14.0. The first kappa shape index (κ1) is 42.6. The Hall–Kier alpha value is -1.58. The van der Waals surface area contributed by atoms with Crippen molar-refractivity contribution in [1.29, 1.82) is 0 Å². The van der Waals surface area contributed by atoms with Crippen LogP contribution in [0.3, 0.4) is 0 Å². The fourth-order valence-corrected chi connectivity index (χ4v) is 7.12. The van der Waals surface area contributed by atoms with E-state index in [4.69, 9.17) is 61.8 Å². The van der Waals surface area contributed by atoms with Crippen LogP contribution in [0.2, 0.25) is 0 Å². The summed E-state index contributed by atoms with van der Waals surface area (Å²) in [4.78, 5) is 0. The second-order valence-electron chi connectivity index (χ2n) is 14.0. The quantitative estimate of drug-likeness (QED) is 0.0696. The first-order chi connectivity index (χ1) is 25.4. The number of aliphatic hydroxyl groups excluding tert-OH is 7. The lowest BCUT2D eigenvalue weighted by Crippen LogP contribution is -2.68. The van der Waals surface area contributed by atoms with Crippen molar-refractivity contribution in [3.05, 3.63) is 35.9 Å². The third kappa shape index (κ3) is 9.87. The molecular formula is C33H58N6O14. The van der Waals surface area contributed by atoms with Crippen LogP contribution in [0, 0.1) is 0 Å². The maximum Gasteiger partial charge on any atom is 0.187 e. The van der Waals surface area contributed by atoms with Crippen LogP contribution in [0.25, 0.3) is 0 Å². The van der Waals surface area contributed by atoms with E-state index in [1.807, 2.05) is 30.3 Å². The fraction of sp³-hybridized carbons (Fsp3) is 0.818. The van der Waals surface area contributed by atoms with E-state index in [1.54, 1.807) is 0 Å². The standard InChI is InChI=1S/C33H58N6O14/c34-11-17-23(43)25(45)20(37)31(48-17)52-28-19(13-41)50-33(30(28)47-9-8-39-7-6-14-4-2-1-3-5-14)53-29-22(42)15(35)10-16(36)27(29)51-32-21(38)26(46)24(44)18(12-40)49-32/h1-5,15-33,39-46H,6-13,34-38H2/t15-,16+,17+,18-,19-,20-,21-,22+,23-,24-,25-,26-,27-,28-,29-,30-,31-,32-,33+/m1/s1. The highest BCUT2D eigenvalue weighted by Gasteiger charge is 2.55. The Labute approximate surface area is 307 Å². The molecule has 20 heteroatoms. The van der Waals surface area contributed by atoms with Crippen molar-refractivity contribution in [3.8, 4) is 0 Å². The summed E-state index contributed by atoms with van der Waals surface area (Å²) in [6.45, 7) is -0.253. The molecule has 0 radical (unpaired) electrons. The molecule has 3 aliphatic heterocycles. The number of rotatable bonds is 16. The van der Waals surface area contributed by atoms with Gasteiger partial charge in [0.2, 0.25) is 0 Å². The minimum atomic E-state index is -1.52. The van der Waals surface area contributed by atoms with Crippen molar-refractivity contribution in [1.82, 2.24) is 5.32 Å². The second kappa shape index (κ2) is 19.5. The maximum atomic E-state index is 11.3. The Kier molecular flexibility index (Phi) is 15.7. The first-order valence-corrected chi connectivity index (χ1v) is 18.0. The van der Waals surface area contributed by atoms with Gasteiger partial charge in [0.15, 0.2) is 18.9 Å². The highest BCUT2D eigenvalue weighted by atomic mass is 16.8. The maximum absolute atomic E-state index is 11.3. The van der Waals surface area contributed by atoms with Gasteiger partial charge in [0.25, 0.3) is 0 Å². The number of hydrogen-bond donors (Lipinski definition) is 13. The van der Waals surface area contributed by atoms with Crippen molar-refractivity contribution in [3.63, 3.8) is 0 Å². The molecule has 53 heavy (non-hydrogen) atoms. The highest BCUT2D eigenvalue weighted by Crippen LogP contribution is 2.35. The summed E-state index contributed by atoms with van der Waals surface area (Å²) < 4.78 is 42.6. The third-order valence-electron chi connectivity index (χ3n) is 10.3. The van der Waals surface area contributed by atoms with Crippen molar-refractivity contribution in [2.45, 2.75) is 129 Å². The first-order valence-electron chi connectivity index (χ1n) is 18.0. The van der Waals surface area contributed by atoms with Gasteiger partial charge in [-0.15, -0.1) is 0 Å². The summed E-state index contributed by atoms with van der Waals surface area (Å²) in [5.41, 5.74) is 32.0. The van der Waals surface area contributed by atoms with Gasteiger partial charge < -0.3 is 103 Å². The van der Waals surface area contributed by atoms with Gasteiger partial charge in [-0.3, -0.25) is 0 Å². The molecule has 0 unspecified atom stereocenters. The van der Waals surface area contributed by atoms with E-state index in [9.17, 15) is 35.7 Å². The largest absolute Gasteiger partial charge is 0.394 e. The fourth-order valence-electron chi connectivity index (χ4n) is 7.12. The molecule has 304 valence electrons. The normalized spacial score (nSPS) is 45.0. The zero-order chi connectivity index (χ0) is 38.4. The minimum absolute atomic E-state index is 0.0841. The number of nitrogens with two attached hydrogens (primary N) is 5. The van der Waals surface area contributed by atoms with Crippen LogP contribution in [0.15, 0.2) is 30.3 Å². The van der Waals surface area contributed by atoms with Gasteiger partial charge in [0.1, 0.15) is 67.1 Å². The van der Waals surface area contributed by atoms with Crippen LogP contribution >= 0.6 is 0 Å². The van der Waals surface area contributed by atoms with Crippen LogP contribution < -0.4 is 34.0 Å². The van der Waals surface area contributed by atoms with E-state index >= 15 is 0 Å². The third-order valence-corrected chi connectivity index (χ3v) is 10.3. The molecule has 0 aromatic heterocycles. The molecule has 5 rings (SSSR count). The molecule has 1 saturated carbocycles. The average Bonchev–Trinajstić information content (AvgIpc) is 3.48. The Morgan fingerprint density at radius 1 is 0.623 bits per heavy atom. The zero-order valence-electron chi connectivity index (χ0n) is 29.4. The number of benzene rings is 1.